The topological polar surface area (TPSA) is 60.4 Å². The summed E-state index contributed by atoms with van der Waals surface area (Å²) in [6.07, 6.45) is 0. The maximum absolute atomic E-state index is 8.65. The van der Waals surface area contributed by atoms with Gasteiger partial charge in [0.2, 0.25) is 0 Å². The van der Waals surface area contributed by atoms with E-state index in [0.29, 0.717) is 0 Å². The van der Waals surface area contributed by atoms with Gasteiger partial charge in [-0.3, -0.25) is 0 Å². The van der Waals surface area contributed by atoms with Crippen molar-refractivity contribution in [3.05, 3.63) is 0 Å². The van der Waals surface area contributed by atoms with Crippen LogP contribution in [0.25, 0.3) is 0 Å². The number of aliphatic hydroxyl groups excluding tert-OH is 1. The predicted octanol–water partition coefficient (Wildman–Crippen LogP) is -0.325. The molecule has 1 N–H and O–H groups in total. The zero-order valence-electron chi connectivity index (χ0n) is 7.41. The van der Waals surface area contributed by atoms with Crippen LogP contribution < -0.4 is 5.11 Å². The van der Waals surface area contributed by atoms with Crippen LogP contribution in [0.3, 0.4) is 0 Å². The van der Waals surface area contributed by atoms with Crippen LogP contribution in [0.5, 0.6) is 0 Å². The van der Waals surface area contributed by atoms with E-state index in [9.17, 15) is 0 Å². The molecule has 0 fully saturated rings. The molecule has 0 amide bonds. The van der Waals surface area contributed by atoms with Crippen molar-refractivity contribution in [1.82, 2.24) is 0 Å². The van der Waals surface area contributed by atoms with Crippen molar-refractivity contribution in [2.45, 2.75) is 0 Å². The Hall–Kier alpha value is -0.0300. The molecule has 6 heteroatoms. The summed E-state index contributed by atoms with van der Waals surface area (Å²) >= 11 is 4.08. The Morgan fingerprint density at radius 3 is 1.75 bits per heavy atom. The first kappa shape index (κ1) is 17.9. The number of quaternary nitrogens is 1. The molecule has 76 valence electrons. The van der Waals surface area contributed by atoms with Crippen LogP contribution in [0.2, 0.25) is 0 Å². The lowest BCUT2D eigenvalue weighted by Crippen LogP contribution is -2.36. The van der Waals surface area contributed by atoms with Gasteiger partial charge in [-0.1, -0.05) is 11.6 Å². The van der Waals surface area contributed by atoms with Gasteiger partial charge in [0, 0.05) is 0 Å². The Balaban J connectivity index is -0.000000142. The maximum atomic E-state index is 8.65. The molecule has 0 spiro atoms. The van der Waals surface area contributed by atoms with Gasteiger partial charge in [-0.2, -0.15) is 0 Å². The van der Waals surface area contributed by atoms with Crippen molar-refractivity contribution in [1.29, 1.82) is 0 Å². The van der Waals surface area contributed by atoms with E-state index in [1.165, 1.54) is 0 Å². The number of carbonyl (C=O) groups excluding carboxylic acids is 1. The summed E-state index contributed by atoms with van der Waals surface area (Å²) in [4.78, 5) is 8.65. The van der Waals surface area contributed by atoms with Gasteiger partial charge in [0.25, 0.3) is 0 Å². The lowest BCUT2D eigenvalue weighted by Gasteiger charge is -2.21. The van der Waals surface area contributed by atoms with E-state index in [4.69, 9.17) is 15.0 Å². The number of rotatable bonds is 2. The maximum Gasteiger partial charge on any atom is 0.134 e. The van der Waals surface area contributed by atoms with Crippen LogP contribution in [0, 0.1) is 0 Å². The average Bonchev–Trinajstić information content (AvgIpc) is 1.58. The molecule has 0 atom stereocenters. The van der Waals surface area contributed by atoms with Crippen LogP contribution in [0.15, 0.2) is 0 Å². The number of aliphatic hydroxyl groups is 1. The van der Waals surface area contributed by atoms with Gasteiger partial charge >= 0.3 is 0 Å². The first-order valence-corrected chi connectivity index (χ1v) is 3.45. The predicted molar refractivity (Wildman–Crippen MR) is 48.5 cm³/mol. The van der Waals surface area contributed by atoms with Crippen molar-refractivity contribution in [3.63, 3.8) is 0 Å². The van der Waals surface area contributed by atoms with Gasteiger partial charge in [-0.15, -0.1) is 12.4 Å². The van der Waals surface area contributed by atoms with E-state index >= 15 is 0 Å². The van der Waals surface area contributed by atoms with Crippen molar-refractivity contribution >= 4 is 29.4 Å². The molecule has 12 heavy (non-hydrogen) atoms. The third kappa shape index (κ3) is 50.9. The zero-order chi connectivity index (χ0) is 9.49. The molecule has 0 aliphatic heterocycles. The van der Waals surface area contributed by atoms with Gasteiger partial charge in [-0.25, -0.2) is 0 Å². The molecule has 0 heterocycles. The van der Waals surface area contributed by atoms with Gasteiger partial charge in [0.1, 0.15) is 12.0 Å². The molecule has 0 aromatic heterocycles. The normalized spacial score (nSPS) is 9.08. The second-order valence-electron chi connectivity index (χ2n) is 2.98. The van der Waals surface area contributed by atoms with Crippen LogP contribution >= 0.6 is 24.0 Å². The lowest BCUT2D eigenvalue weighted by atomic mass is 10.5. The van der Waals surface area contributed by atoms with Gasteiger partial charge in [0.15, 0.2) is 0 Å². The minimum Gasteiger partial charge on any atom is -0.534 e. The molecule has 0 saturated heterocycles. The number of carbonyl (C=O) groups is 1. The van der Waals surface area contributed by atoms with Crippen LogP contribution in [-0.4, -0.2) is 49.3 Å². The highest BCUT2D eigenvalue weighted by Gasteiger charge is 2.02. The summed E-state index contributed by atoms with van der Waals surface area (Å²) < 4.78 is 0.844. The van der Waals surface area contributed by atoms with E-state index in [0.717, 1.165) is 11.0 Å². The summed E-state index contributed by atoms with van der Waals surface area (Å²) in [5, 5.41) is 17.0. The second-order valence-corrected chi connectivity index (χ2v) is 3.28. The smallest absolute Gasteiger partial charge is 0.134 e. The van der Waals surface area contributed by atoms with E-state index in [-0.39, 0.29) is 19.0 Å². The average molecular weight is 220 g/mol. The zero-order valence-corrected chi connectivity index (χ0v) is 8.98. The van der Waals surface area contributed by atoms with Gasteiger partial charge in [-0.05, 0) is 0 Å². The fourth-order valence-electron chi connectivity index (χ4n) is 0.300. The SMILES string of the molecule is C[N+](C)(C)CCO.Cl.O=C([O-])Cl. The standard InChI is InChI=1S/C5H14NO.CHClO2.ClH/c1-6(2,3)4-5-7;2-1(3)4;/h7H,4-5H2,1-3H3;(H,3,4);1H/q+1;;/p-1. The molecule has 0 aliphatic carbocycles. The van der Waals surface area contributed by atoms with Crippen LogP contribution in [0.4, 0.5) is 4.79 Å². The van der Waals surface area contributed by atoms with E-state index in [1.54, 1.807) is 0 Å². The Labute approximate surface area is 83.7 Å². The molecule has 0 rings (SSSR count). The summed E-state index contributed by atoms with van der Waals surface area (Å²) in [5.74, 6) is 0. The number of halogens is 2. The second kappa shape index (κ2) is 9.06. The molecule has 0 saturated carbocycles. The number of hydrogen-bond acceptors (Lipinski definition) is 3. The van der Waals surface area contributed by atoms with E-state index in [1.807, 2.05) is 0 Å². The molecule has 0 radical (unpaired) electrons. The fraction of sp³-hybridized carbons (Fsp3) is 0.833. The molecular weight excluding hydrogens is 205 g/mol. The fourth-order valence-corrected chi connectivity index (χ4v) is 0.300. The Morgan fingerprint density at radius 2 is 1.75 bits per heavy atom. The summed E-state index contributed by atoms with van der Waals surface area (Å²) in [6.45, 7) is 1.11. The number of hydrogen-bond donors (Lipinski definition) is 1. The molecular formula is C6H15Cl2NO3. The Bertz CT molecular complexity index is 110. The Kier molecular flexibility index (Phi) is 13.5. The third-order valence-corrected chi connectivity index (χ3v) is 0.771. The molecule has 0 aromatic rings. The van der Waals surface area contributed by atoms with Crippen molar-refractivity contribution in [2.24, 2.45) is 0 Å². The van der Waals surface area contributed by atoms with E-state index < -0.39 is 5.43 Å². The minimum atomic E-state index is -1.61. The molecule has 0 unspecified atom stereocenters. The van der Waals surface area contributed by atoms with Gasteiger partial charge < -0.3 is 19.5 Å². The monoisotopic (exact) mass is 219 g/mol. The molecule has 0 bridgehead atoms. The lowest BCUT2D eigenvalue weighted by molar-refractivity contribution is -0.870. The first-order valence-electron chi connectivity index (χ1n) is 3.07. The first-order chi connectivity index (χ1) is 4.79. The number of carboxylic acid groups (broad SMARTS) is 1. The highest BCUT2D eigenvalue weighted by molar-refractivity contribution is 6.59. The summed E-state index contributed by atoms with van der Waals surface area (Å²) in [6, 6.07) is 0. The van der Waals surface area contributed by atoms with E-state index in [2.05, 4.69) is 32.7 Å². The quantitative estimate of drug-likeness (QED) is 0.512. The number of likely N-dealkylation sites (N-methyl/N-ethyl adjacent to an activating group) is 1. The van der Waals surface area contributed by atoms with Crippen molar-refractivity contribution in [3.8, 4) is 0 Å². The third-order valence-electron chi connectivity index (χ3n) is 0.771. The molecule has 0 aromatic carbocycles. The minimum absolute atomic E-state index is 0. The largest absolute Gasteiger partial charge is 0.534 e. The molecule has 4 nitrogen and oxygen atoms in total. The highest BCUT2D eigenvalue weighted by Crippen LogP contribution is 1.84. The molecule has 0 aliphatic rings. The van der Waals surface area contributed by atoms with Gasteiger partial charge in [0.05, 0.1) is 27.7 Å². The Morgan fingerprint density at radius 1 is 1.50 bits per heavy atom. The summed E-state index contributed by atoms with van der Waals surface area (Å²) in [7, 11) is 6.16. The number of nitrogens with zero attached hydrogens (tertiary/aromatic N) is 1. The highest BCUT2D eigenvalue weighted by atomic mass is 35.5. The van der Waals surface area contributed by atoms with Crippen molar-refractivity contribution in [2.75, 3.05) is 34.3 Å². The van der Waals surface area contributed by atoms with Crippen LogP contribution in [0.1, 0.15) is 0 Å². The summed E-state index contributed by atoms with van der Waals surface area (Å²) in [5.41, 5.74) is -1.61. The van der Waals surface area contributed by atoms with Crippen molar-refractivity contribution < 1.29 is 19.5 Å². The van der Waals surface area contributed by atoms with Crippen LogP contribution in [-0.2, 0) is 0 Å².